The summed E-state index contributed by atoms with van der Waals surface area (Å²) in [5.41, 5.74) is 0. The van der Waals surface area contributed by atoms with Gasteiger partial charge in [0, 0.05) is 0 Å². The van der Waals surface area contributed by atoms with Crippen LogP contribution in [0.25, 0.3) is 0 Å². The third-order valence-corrected chi connectivity index (χ3v) is 12.5. The van der Waals surface area contributed by atoms with Gasteiger partial charge in [-0.3, -0.25) is 0 Å². The monoisotopic (exact) mass is 338 g/mol. The standard InChI is InChI=1S/C4H9Te.C2H5.Sb.H/c1-3-5-4-2;1-2;;/h3H,4H2,1-2H3;1H2,2H3;;. The van der Waals surface area contributed by atoms with Gasteiger partial charge in [0.05, 0.1) is 0 Å². The van der Waals surface area contributed by atoms with Crippen LogP contribution in [0.1, 0.15) is 20.8 Å². The molecule has 0 fully saturated rings. The van der Waals surface area contributed by atoms with Crippen molar-refractivity contribution in [2.45, 2.75) is 31.5 Å². The van der Waals surface area contributed by atoms with Crippen molar-refractivity contribution in [2.24, 2.45) is 0 Å². The van der Waals surface area contributed by atoms with Crippen LogP contribution in [0.2, 0.25) is 10.7 Å². The fourth-order valence-electron chi connectivity index (χ4n) is 0.596. The van der Waals surface area contributed by atoms with Crippen LogP contribution in [0, 0.1) is 0 Å². The van der Waals surface area contributed by atoms with E-state index in [9.17, 15) is 0 Å². The summed E-state index contributed by atoms with van der Waals surface area (Å²) in [6, 6.07) is 0. The first-order valence-corrected chi connectivity index (χ1v) is 9.82. The summed E-state index contributed by atoms with van der Waals surface area (Å²) >= 11 is 0.631. The number of hydrogen-bond acceptors (Lipinski definition) is 0. The Morgan fingerprint density at radius 1 is 1.50 bits per heavy atom. The van der Waals surface area contributed by atoms with E-state index in [1.54, 1.807) is 4.37 Å². The van der Waals surface area contributed by atoms with Crippen LogP contribution < -0.4 is 0 Å². The van der Waals surface area contributed by atoms with Crippen molar-refractivity contribution in [2.75, 3.05) is 0 Å². The van der Waals surface area contributed by atoms with E-state index in [1.807, 2.05) is 0 Å². The minimum atomic E-state index is 0.152. The summed E-state index contributed by atoms with van der Waals surface area (Å²) in [6.07, 6.45) is 0. The zero-order chi connectivity index (χ0) is 6.41. The van der Waals surface area contributed by atoms with Gasteiger partial charge in [-0.1, -0.05) is 0 Å². The Morgan fingerprint density at radius 3 is 2.50 bits per heavy atom. The second-order valence-corrected chi connectivity index (χ2v) is 15.6. The molecule has 0 aromatic heterocycles. The molecular formula is C6H15SbTe. The van der Waals surface area contributed by atoms with Crippen LogP contribution in [0.15, 0.2) is 0 Å². The molecule has 0 aromatic carbocycles. The molecule has 0 saturated carbocycles. The van der Waals surface area contributed by atoms with E-state index in [2.05, 4.69) is 20.8 Å². The van der Waals surface area contributed by atoms with Crippen LogP contribution in [0.4, 0.5) is 0 Å². The van der Waals surface area contributed by atoms with Crippen molar-refractivity contribution in [3.8, 4) is 0 Å². The molecule has 0 N–H and O–H groups in total. The van der Waals surface area contributed by atoms with E-state index in [1.165, 1.54) is 6.38 Å². The summed E-state index contributed by atoms with van der Waals surface area (Å²) in [4.78, 5) is 0. The van der Waals surface area contributed by atoms with Crippen molar-refractivity contribution < 1.29 is 0 Å². The average Bonchev–Trinajstić information content (AvgIpc) is 1.68. The molecule has 0 amide bonds. The van der Waals surface area contributed by atoms with Crippen molar-refractivity contribution in [3.63, 3.8) is 0 Å². The van der Waals surface area contributed by atoms with Crippen molar-refractivity contribution >= 4 is 42.5 Å². The topological polar surface area (TPSA) is 0 Å². The van der Waals surface area contributed by atoms with Crippen LogP contribution in [0.3, 0.4) is 0 Å². The zero-order valence-corrected chi connectivity index (χ0v) is 11.1. The first-order chi connectivity index (χ1) is 3.81. The van der Waals surface area contributed by atoms with Gasteiger partial charge in [-0.2, -0.15) is 0 Å². The van der Waals surface area contributed by atoms with Gasteiger partial charge < -0.3 is 0 Å². The molecule has 0 radical (unpaired) electrons. The van der Waals surface area contributed by atoms with E-state index >= 15 is 0 Å². The van der Waals surface area contributed by atoms with E-state index < -0.39 is 0 Å². The zero-order valence-electron chi connectivity index (χ0n) is 5.90. The molecular weight excluding hydrogens is 321 g/mol. The summed E-state index contributed by atoms with van der Waals surface area (Å²) < 4.78 is 4.33. The van der Waals surface area contributed by atoms with Gasteiger partial charge >= 0.3 is 74.1 Å². The maximum absolute atomic E-state index is 2.47. The molecule has 0 aliphatic rings. The molecule has 0 heterocycles. The summed E-state index contributed by atoms with van der Waals surface area (Å²) in [5.74, 6) is 0. The molecule has 0 aliphatic heterocycles. The third-order valence-electron chi connectivity index (χ3n) is 0.908. The van der Waals surface area contributed by atoms with Crippen LogP contribution >= 0.6 is 0 Å². The Labute approximate surface area is 73.4 Å². The second-order valence-electron chi connectivity index (χ2n) is 1.66. The molecule has 0 aromatic rings. The van der Waals surface area contributed by atoms with Crippen molar-refractivity contribution in [1.29, 1.82) is 0 Å². The molecule has 0 nitrogen and oxygen atoms in total. The molecule has 2 heteroatoms. The van der Waals surface area contributed by atoms with E-state index in [-0.39, 0.29) is 21.6 Å². The number of hydrogen-bond donors (Lipinski definition) is 0. The molecule has 50 valence electrons. The predicted molar refractivity (Wildman–Crippen MR) is 43.3 cm³/mol. The van der Waals surface area contributed by atoms with Gasteiger partial charge in [0.1, 0.15) is 0 Å². The maximum atomic E-state index is 2.47. The van der Waals surface area contributed by atoms with Crippen LogP contribution in [-0.2, 0) is 0 Å². The fourth-order valence-corrected chi connectivity index (χ4v) is 12.6. The second kappa shape index (κ2) is 6.72. The molecule has 1 unspecified atom stereocenters. The Bertz CT molecular complexity index is 41.8. The normalized spacial score (nSPS) is 13.9. The van der Waals surface area contributed by atoms with Gasteiger partial charge in [0.15, 0.2) is 0 Å². The van der Waals surface area contributed by atoms with Crippen molar-refractivity contribution in [3.05, 3.63) is 0 Å². The van der Waals surface area contributed by atoms with Gasteiger partial charge in [0.25, 0.3) is 0 Å². The Kier molecular flexibility index (Phi) is 8.08. The summed E-state index contributed by atoms with van der Waals surface area (Å²) in [5, 5.41) is 0. The first-order valence-electron chi connectivity index (χ1n) is 3.16. The quantitative estimate of drug-likeness (QED) is 0.687. The van der Waals surface area contributed by atoms with Gasteiger partial charge in [-0.15, -0.1) is 0 Å². The molecule has 1 atom stereocenters. The van der Waals surface area contributed by atoms with Crippen LogP contribution in [-0.4, -0.2) is 42.5 Å². The summed E-state index contributed by atoms with van der Waals surface area (Å²) in [6.45, 7) is 7.17. The third kappa shape index (κ3) is 5.74. The van der Waals surface area contributed by atoms with Gasteiger partial charge in [-0.05, 0) is 0 Å². The first kappa shape index (κ1) is 9.61. The average molecular weight is 337 g/mol. The Hall–Kier alpha value is 1.61. The SMILES string of the molecule is C[CH2][SbH][CH](C)[Te]CC. The van der Waals surface area contributed by atoms with E-state index in [0.717, 1.165) is 0 Å². The van der Waals surface area contributed by atoms with Crippen molar-refractivity contribution in [1.82, 2.24) is 0 Å². The minimum absolute atomic E-state index is 0.152. The molecule has 0 rings (SSSR count). The van der Waals surface area contributed by atoms with Gasteiger partial charge in [-0.25, -0.2) is 0 Å². The molecule has 0 saturated heterocycles. The van der Waals surface area contributed by atoms with E-state index in [0.29, 0.717) is 20.9 Å². The number of rotatable bonds is 4. The molecule has 0 bridgehead atoms. The molecule has 0 aliphatic carbocycles. The molecule has 8 heavy (non-hydrogen) atoms. The molecule has 0 spiro atoms. The Balaban J connectivity index is 2.92. The predicted octanol–water partition coefficient (Wildman–Crippen LogP) is 1.77. The van der Waals surface area contributed by atoms with Crippen LogP contribution in [0.5, 0.6) is 0 Å². The van der Waals surface area contributed by atoms with Gasteiger partial charge in [0.2, 0.25) is 0 Å². The summed E-state index contributed by atoms with van der Waals surface area (Å²) in [7, 11) is 0. The fraction of sp³-hybridized carbons (Fsp3) is 1.00. The van der Waals surface area contributed by atoms with E-state index in [4.69, 9.17) is 0 Å². The Morgan fingerprint density at radius 2 is 2.12 bits per heavy atom.